The van der Waals surface area contributed by atoms with E-state index in [4.69, 9.17) is 5.11 Å². The lowest BCUT2D eigenvalue weighted by atomic mass is 10.5. The van der Waals surface area contributed by atoms with E-state index in [2.05, 4.69) is 9.47 Å². The van der Waals surface area contributed by atoms with Crippen LogP contribution in [-0.2, 0) is 19.1 Å². The van der Waals surface area contributed by atoms with E-state index < -0.39 is 11.9 Å². The number of ether oxygens (including phenoxy) is 2. The molecule has 0 aromatic rings. The minimum absolute atomic E-state index is 0.124. The third-order valence-corrected chi connectivity index (χ3v) is 0.894. The largest absolute Gasteiger partial charge is 0.478 e. The van der Waals surface area contributed by atoms with Crippen LogP contribution in [0.4, 0.5) is 0 Å². The highest BCUT2D eigenvalue weighted by Crippen LogP contribution is 1.82. The molecule has 0 radical (unpaired) electrons. The highest BCUT2D eigenvalue weighted by atomic mass is 16.6. The van der Waals surface area contributed by atoms with Crippen molar-refractivity contribution in [1.82, 2.24) is 0 Å². The fraction of sp³-hybridized carbons (Fsp3) is 0.429. The van der Waals surface area contributed by atoms with Crippen LogP contribution in [0.15, 0.2) is 12.2 Å². The third-order valence-electron chi connectivity index (χ3n) is 0.894. The Kier molecular flexibility index (Phi) is 5.64. The van der Waals surface area contributed by atoms with Gasteiger partial charge in [0.05, 0.1) is 6.61 Å². The molecule has 12 heavy (non-hydrogen) atoms. The maximum atomic E-state index is 10.6. The first-order valence-corrected chi connectivity index (χ1v) is 3.23. The number of carbonyl (C=O) groups is 2. The Balaban J connectivity index is 3.53. The van der Waals surface area contributed by atoms with Crippen LogP contribution in [0.2, 0.25) is 0 Å². The summed E-state index contributed by atoms with van der Waals surface area (Å²) in [5, 5.41) is 8.11. The molecule has 1 N–H and O–H groups in total. The number of carboxylic acid groups (broad SMARTS) is 1. The monoisotopic (exact) mass is 174 g/mol. The Morgan fingerprint density at radius 1 is 1.33 bits per heavy atom. The summed E-state index contributed by atoms with van der Waals surface area (Å²) < 4.78 is 9.12. The van der Waals surface area contributed by atoms with Gasteiger partial charge in [-0.15, -0.1) is 0 Å². The molecule has 0 aromatic heterocycles. The quantitative estimate of drug-likeness (QED) is 0.355. The van der Waals surface area contributed by atoms with Crippen LogP contribution in [0.1, 0.15) is 0 Å². The molecule has 0 aliphatic carbocycles. The van der Waals surface area contributed by atoms with E-state index in [9.17, 15) is 9.59 Å². The van der Waals surface area contributed by atoms with E-state index in [0.29, 0.717) is 6.61 Å². The van der Waals surface area contributed by atoms with Crippen molar-refractivity contribution in [2.75, 3.05) is 20.3 Å². The predicted octanol–water partition coefficient (Wildman–Crippen LogP) is -0.183. The average molecular weight is 174 g/mol. The highest BCUT2D eigenvalue weighted by molar-refractivity contribution is 5.90. The third kappa shape index (κ3) is 6.76. The van der Waals surface area contributed by atoms with Gasteiger partial charge >= 0.3 is 11.9 Å². The van der Waals surface area contributed by atoms with Crippen LogP contribution in [0.25, 0.3) is 0 Å². The second-order valence-corrected chi connectivity index (χ2v) is 1.83. The summed E-state index contributed by atoms with van der Waals surface area (Å²) >= 11 is 0. The second-order valence-electron chi connectivity index (χ2n) is 1.83. The van der Waals surface area contributed by atoms with Crippen molar-refractivity contribution in [3.8, 4) is 0 Å². The Morgan fingerprint density at radius 2 is 2.00 bits per heavy atom. The van der Waals surface area contributed by atoms with Crippen molar-refractivity contribution in [1.29, 1.82) is 0 Å². The summed E-state index contributed by atoms with van der Waals surface area (Å²) in [4.78, 5) is 20.5. The van der Waals surface area contributed by atoms with Crippen LogP contribution in [0, 0.1) is 0 Å². The van der Waals surface area contributed by atoms with Gasteiger partial charge in [0.2, 0.25) is 0 Å². The molecule has 0 fully saturated rings. The topological polar surface area (TPSA) is 72.8 Å². The van der Waals surface area contributed by atoms with Gasteiger partial charge in [0.25, 0.3) is 0 Å². The molecule has 0 aromatic carbocycles. The van der Waals surface area contributed by atoms with E-state index in [-0.39, 0.29) is 6.61 Å². The standard InChI is InChI=1S/C7H10O5/c1-11-4-5-12-7(10)3-2-6(8)9/h2-3H,4-5H2,1H3,(H,8,9). The molecule has 0 amide bonds. The molecule has 0 aliphatic heterocycles. The number of carbonyl (C=O) groups excluding carboxylic acids is 1. The zero-order valence-electron chi connectivity index (χ0n) is 6.65. The number of rotatable bonds is 5. The number of aliphatic carboxylic acids is 1. The number of esters is 1. The van der Waals surface area contributed by atoms with Crippen LogP contribution in [0.3, 0.4) is 0 Å². The number of methoxy groups -OCH3 is 1. The van der Waals surface area contributed by atoms with Crippen molar-refractivity contribution in [3.05, 3.63) is 12.2 Å². The molecule has 0 unspecified atom stereocenters. The maximum Gasteiger partial charge on any atom is 0.331 e. The van der Waals surface area contributed by atoms with E-state index in [1.165, 1.54) is 7.11 Å². The molecule has 0 rings (SSSR count). The molecule has 5 heteroatoms. The minimum atomic E-state index is -1.18. The second kappa shape index (κ2) is 6.36. The molecule has 0 bridgehead atoms. The van der Waals surface area contributed by atoms with Crippen LogP contribution in [0.5, 0.6) is 0 Å². The lowest BCUT2D eigenvalue weighted by molar-refractivity contribution is -0.139. The lowest BCUT2D eigenvalue weighted by Crippen LogP contribution is -2.07. The van der Waals surface area contributed by atoms with Gasteiger partial charge in [-0.2, -0.15) is 0 Å². The van der Waals surface area contributed by atoms with Gasteiger partial charge in [-0.05, 0) is 0 Å². The van der Waals surface area contributed by atoms with Gasteiger partial charge in [0.1, 0.15) is 6.61 Å². The van der Waals surface area contributed by atoms with Gasteiger partial charge in [-0.25, -0.2) is 9.59 Å². The Bertz CT molecular complexity index is 184. The first-order chi connectivity index (χ1) is 5.66. The summed E-state index contributed by atoms with van der Waals surface area (Å²) in [6.45, 7) is 0.423. The summed E-state index contributed by atoms with van der Waals surface area (Å²) in [5.74, 6) is -1.87. The fourth-order valence-corrected chi connectivity index (χ4v) is 0.413. The van der Waals surface area contributed by atoms with Gasteiger partial charge in [-0.1, -0.05) is 0 Å². The van der Waals surface area contributed by atoms with Crippen molar-refractivity contribution in [2.24, 2.45) is 0 Å². The summed E-state index contributed by atoms with van der Waals surface area (Å²) in [7, 11) is 1.47. The molecular formula is C7H10O5. The highest BCUT2D eigenvalue weighted by Gasteiger charge is 1.96. The first kappa shape index (κ1) is 10.6. The van der Waals surface area contributed by atoms with Crippen molar-refractivity contribution >= 4 is 11.9 Å². The molecule has 0 heterocycles. The Hall–Kier alpha value is -1.36. The van der Waals surface area contributed by atoms with Crippen molar-refractivity contribution in [3.63, 3.8) is 0 Å². The van der Waals surface area contributed by atoms with Gasteiger partial charge in [0.15, 0.2) is 0 Å². The number of hydrogen-bond donors (Lipinski definition) is 1. The average Bonchev–Trinajstić information content (AvgIpc) is 2.01. The van der Waals surface area contributed by atoms with Crippen LogP contribution < -0.4 is 0 Å². The van der Waals surface area contributed by atoms with E-state index in [1.54, 1.807) is 0 Å². The molecule has 0 atom stereocenters. The smallest absolute Gasteiger partial charge is 0.331 e. The van der Waals surface area contributed by atoms with Crippen molar-refractivity contribution < 1.29 is 24.2 Å². The fourth-order valence-electron chi connectivity index (χ4n) is 0.413. The number of carboxylic acids is 1. The minimum Gasteiger partial charge on any atom is -0.478 e. The van der Waals surface area contributed by atoms with Gasteiger partial charge in [-0.3, -0.25) is 0 Å². The zero-order valence-corrected chi connectivity index (χ0v) is 6.65. The SMILES string of the molecule is COCCOC(=O)C=CC(=O)O. The molecular weight excluding hydrogens is 164 g/mol. The van der Waals surface area contributed by atoms with Gasteiger partial charge in [0, 0.05) is 19.3 Å². The number of hydrogen-bond acceptors (Lipinski definition) is 4. The van der Waals surface area contributed by atoms with Gasteiger partial charge < -0.3 is 14.6 Å². The van der Waals surface area contributed by atoms with Crippen molar-refractivity contribution in [2.45, 2.75) is 0 Å². The molecule has 0 saturated heterocycles. The molecule has 0 aliphatic rings. The lowest BCUT2D eigenvalue weighted by Gasteiger charge is -1.98. The van der Waals surface area contributed by atoms with E-state index >= 15 is 0 Å². The summed E-state index contributed by atoms with van der Waals surface area (Å²) in [6.07, 6.45) is 1.56. The molecule has 0 spiro atoms. The summed E-state index contributed by atoms with van der Waals surface area (Å²) in [6, 6.07) is 0. The molecule has 68 valence electrons. The Labute approximate surface area is 69.6 Å². The zero-order chi connectivity index (χ0) is 9.40. The van der Waals surface area contributed by atoms with E-state index in [1.807, 2.05) is 0 Å². The molecule has 5 nitrogen and oxygen atoms in total. The van der Waals surface area contributed by atoms with E-state index in [0.717, 1.165) is 12.2 Å². The van der Waals surface area contributed by atoms with Crippen LogP contribution >= 0.6 is 0 Å². The predicted molar refractivity (Wildman–Crippen MR) is 39.6 cm³/mol. The first-order valence-electron chi connectivity index (χ1n) is 3.23. The maximum absolute atomic E-state index is 10.6. The van der Waals surface area contributed by atoms with Crippen LogP contribution in [-0.4, -0.2) is 37.4 Å². The normalized spacial score (nSPS) is 10.1. The summed E-state index contributed by atoms with van der Waals surface area (Å²) in [5.41, 5.74) is 0. The Morgan fingerprint density at radius 3 is 2.50 bits per heavy atom. The molecule has 0 saturated carbocycles.